The van der Waals surface area contributed by atoms with Crippen LogP contribution in [-0.2, 0) is 0 Å². The number of anilines is 1. The molecule has 1 atom stereocenters. The SMILES string of the molecule is CSCC(C)(O)CNc1nccc2c(Br)cccc12. The second-order valence-corrected chi connectivity index (χ2v) is 6.50. The van der Waals surface area contributed by atoms with Gasteiger partial charge in [0, 0.05) is 33.7 Å². The molecule has 1 aromatic heterocycles. The van der Waals surface area contributed by atoms with E-state index in [-0.39, 0.29) is 0 Å². The minimum atomic E-state index is -0.741. The van der Waals surface area contributed by atoms with Crippen molar-refractivity contribution in [1.29, 1.82) is 0 Å². The summed E-state index contributed by atoms with van der Waals surface area (Å²) in [7, 11) is 0. The number of aliphatic hydroxyl groups is 1. The molecule has 2 aromatic rings. The van der Waals surface area contributed by atoms with E-state index in [1.807, 2.05) is 37.4 Å². The Morgan fingerprint density at radius 3 is 2.89 bits per heavy atom. The number of fused-ring (bicyclic) bond motifs is 1. The third-order valence-corrected chi connectivity index (χ3v) is 4.45. The number of benzene rings is 1. The van der Waals surface area contributed by atoms with Crippen molar-refractivity contribution in [3.63, 3.8) is 0 Å². The zero-order chi connectivity index (χ0) is 13.9. The van der Waals surface area contributed by atoms with Gasteiger partial charge in [-0.25, -0.2) is 4.98 Å². The van der Waals surface area contributed by atoms with Crippen molar-refractivity contribution in [2.24, 2.45) is 0 Å². The predicted molar refractivity (Wildman–Crippen MR) is 86.9 cm³/mol. The molecule has 102 valence electrons. The van der Waals surface area contributed by atoms with Gasteiger partial charge in [-0.3, -0.25) is 0 Å². The van der Waals surface area contributed by atoms with Gasteiger partial charge in [-0.05, 0) is 25.3 Å². The highest BCUT2D eigenvalue weighted by atomic mass is 79.9. The van der Waals surface area contributed by atoms with Gasteiger partial charge >= 0.3 is 0 Å². The van der Waals surface area contributed by atoms with Gasteiger partial charge in [-0.2, -0.15) is 11.8 Å². The van der Waals surface area contributed by atoms with Gasteiger partial charge in [0.2, 0.25) is 0 Å². The zero-order valence-electron chi connectivity index (χ0n) is 11.0. The maximum atomic E-state index is 10.2. The molecule has 0 aliphatic heterocycles. The Hall–Kier alpha value is -0.780. The van der Waals surface area contributed by atoms with E-state index >= 15 is 0 Å². The van der Waals surface area contributed by atoms with Crippen molar-refractivity contribution in [2.75, 3.05) is 23.9 Å². The molecule has 1 heterocycles. The number of halogens is 1. The number of nitrogens with zero attached hydrogens (tertiary/aromatic N) is 1. The maximum Gasteiger partial charge on any atom is 0.133 e. The van der Waals surface area contributed by atoms with Gasteiger partial charge in [0.1, 0.15) is 5.82 Å². The molecular formula is C14H17BrN2OS. The summed E-state index contributed by atoms with van der Waals surface area (Å²) < 4.78 is 1.05. The summed E-state index contributed by atoms with van der Waals surface area (Å²) in [6.07, 6.45) is 3.76. The quantitative estimate of drug-likeness (QED) is 0.873. The second kappa shape index (κ2) is 6.11. The van der Waals surface area contributed by atoms with Crippen molar-refractivity contribution in [3.05, 3.63) is 34.9 Å². The third-order valence-electron chi connectivity index (χ3n) is 2.84. The predicted octanol–water partition coefficient (Wildman–Crippen LogP) is 3.52. The standard InChI is InChI=1S/C14H17BrN2OS/c1-14(18,9-19-2)8-17-13-11-4-3-5-12(15)10(11)6-7-16-13/h3-7,18H,8-9H2,1-2H3,(H,16,17). The smallest absolute Gasteiger partial charge is 0.133 e. The Labute approximate surface area is 125 Å². The fraction of sp³-hybridized carbons (Fsp3) is 0.357. The normalized spacial score (nSPS) is 14.3. The van der Waals surface area contributed by atoms with Crippen LogP contribution in [0.15, 0.2) is 34.9 Å². The molecule has 0 saturated carbocycles. The van der Waals surface area contributed by atoms with Gasteiger partial charge in [0.25, 0.3) is 0 Å². The lowest BCUT2D eigenvalue weighted by Gasteiger charge is -2.23. The minimum absolute atomic E-state index is 0.479. The molecule has 0 bridgehead atoms. The Balaban J connectivity index is 2.24. The number of rotatable bonds is 5. The largest absolute Gasteiger partial charge is 0.387 e. The molecule has 1 aromatic carbocycles. The van der Waals surface area contributed by atoms with Crippen LogP contribution in [0.3, 0.4) is 0 Å². The lowest BCUT2D eigenvalue weighted by Crippen LogP contribution is -2.36. The molecule has 3 nitrogen and oxygen atoms in total. The lowest BCUT2D eigenvalue weighted by atomic mass is 10.1. The van der Waals surface area contributed by atoms with Gasteiger partial charge in [-0.1, -0.05) is 28.1 Å². The van der Waals surface area contributed by atoms with Crippen LogP contribution < -0.4 is 5.32 Å². The van der Waals surface area contributed by atoms with Crippen molar-refractivity contribution in [1.82, 2.24) is 4.98 Å². The van der Waals surface area contributed by atoms with E-state index in [0.29, 0.717) is 12.3 Å². The van der Waals surface area contributed by atoms with E-state index in [9.17, 15) is 5.11 Å². The van der Waals surface area contributed by atoms with Crippen LogP contribution in [0.5, 0.6) is 0 Å². The van der Waals surface area contributed by atoms with Gasteiger partial charge < -0.3 is 10.4 Å². The number of thioether (sulfide) groups is 1. The molecule has 0 aliphatic rings. The molecule has 0 amide bonds. The highest BCUT2D eigenvalue weighted by molar-refractivity contribution is 9.10. The first-order chi connectivity index (χ1) is 9.03. The van der Waals surface area contributed by atoms with Crippen LogP contribution in [0, 0.1) is 0 Å². The highest BCUT2D eigenvalue weighted by Gasteiger charge is 2.19. The summed E-state index contributed by atoms with van der Waals surface area (Å²) in [4.78, 5) is 4.36. The fourth-order valence-electron chi connectivity index (χ4n) is 1.95. The summed E-state index contributed by atoms with van der Waals surface area (Å²) in [6.45, 7) is 2.31. The molecule has 5 heteroatoms. The first-order valence-electron chi connectivity index (χ1n) is 6.02. The molecule has 0 fully saturated rings. The molecule has 0 spiro atoms. The van der Waals surface area contributed by atoms with Crippen LogP contribution >= 0.6 is 27.7 Å². The van der Waals surface area contributed by atoms with E-state index in [1.54, 1.807) is 18.0 Å². The Morgan fingerprint density at radius 2 is 2.16 bits per heavy atom. The maximum absolute atomic E-state index is 10.2. The first kappa shape index (κ1) is 14.6. The number of hydrogen-bond acceptors (Lipinski definition) is 4. The Kier molecular flexibility index (Phi) is 4.71. The van der Waals surface area contributed by atoms with Crippen molar-refractivity contribution in [3.8, 4) is 0 Å². The molecule has 2 rings (SSSR count). The lowest BCUT2D eigenvalue weighted by molar-refractivity contribution is 0.0996. The highest BCUT2D eigenvalue weighted by Crippen LogP contribution is 2.27. The average molecular weight is 341 g/mol. The van der Waals surface area contributed by atoms with Gasteiger partial charge in [0.15, 0.2) is 0 Å². The fourth-order valence-corrected chi connectivity index (χ4v) is 3.17. The molecule has 0 aliphatic carbocycles. The summed E-state index contributed by atoms with van der Waals surface area (Å²) >= 11 is 5.17. The molecular weight excluding hydrogens is 324 g/mol. The molecule has 1 unspecified atom stereocenters. The van der Waals surface area contributed by atoms with Gasteiger partial charge in [-0.15, -0.1) is 0 Å². The monoisotopic (exact) mass is 340 g/mol. The van der Waals surface area contributed by atoms with Crippen molar-refractivity contribution in [2.45, 2.75) is 12.5 Å². The average Bonchev–Trinajstić information content (AvgIpc) is 2.37. The summed E-state index contributed by atoms with van der Waals surface area (Å²) in [5, 5.41) is 15.6. The summed E-state index contributed by atoms with van der Waals surface area (Å²) in [6, 6.07) is 8.00. The van der Waals surface area contributed by atoms with E-state index in [1.165, 1.54) is 0 Å². The van der Waals surface area contributed by atoms with Crippen LogP contribution in [0.4, 0.5) is 5.82 Å². The summed E-state index contributed by atoms with van der Waals surface area (Å²) in [5.74, 6) is 1.49. The summed E-state index contributed by atoms with van der Waals surface area (Å²) in [5.41, 5.74) is -0.741. The van der Waals surface area contributed by atoms with Crippen LogP contribution in [0.2, 0.25) is 0 Å². The zero-order valence-corrected chi connectivity index (χ0v) is 13.4. The molecule has 0 radical (unpaired) electrons. The van der Waals surface area contributed by atoms with Crippen LogP contribution in [-0.4, -0.2) is 34.2 Å². The van der Waals surface area contributed by atoms with E-state index in [2.05, 4.69) is 26.2 Å². The van der Waals surface area contributed by atoms with E-state index in [4.69, 9.17) is 0 Å². The van der Waals surface area contributed by atoms with Gasteiger partial charge in [0.05, 0.1) is 5.60 Å². The second-order valence-electron chi connectivity index (χ2n) is 4.78. The number of pyridine rings is 1. The Bertz CT molecular complexity index is 574. The molecule has 2 N–H and O–H groups in total. The van der Waals surface area contributed by atoms with Crippen LogP contribution in [0.25, 0.3) is 10.8 Å². The molecule has 19 heavy (non-hydrogen) atoms. The van der Waals surface area contributed by atoms with Crippen LogP contribution in [0.1, 0.15) is 6.92 Å². The number of nitrogens with one attached hydrogen (secondary N) is 1. The molecule has 0 saturated heterocycles. The first-order valence-corrected chi connectivity index (χ1v) is 8.20. The van der Waals surface area contributed by atoms with Crippen molar-refractivity contribution < 1.29 is 5.11 Å². The topological polar surface area (TPSA) is 45.1 Å². The Morgan fingerprint density at radius 1 is 1.37 bits per heavy atom. The van der Waals surface area contributed by atoms with E-state index in [0.717, 1.165) is 21.1 Å². The van der Waals surface area contributed by atoms with E-state index < -0.39 is 5.60 Å². The number of hydrogen-bond donors (Lipinski definition) is 2. The number of aromatic nitrogens is 1. The minimum Gasteiger partial charge on any atom is -0.387 e. The third kappa shape index (κ3) is 3.61. The van der Waals surface area contributed by atoms with Crippen molar-refractivity contribution >= 4 is 44.3 Å².